The predicted molar refractivity (Wildman–Crippen MR) is 100 cm³/mol. The lowest BCUT2D eigenvalue weighted by Gasteiger charge is -2.28. The van der Waals surface area contributed by atoms with E-state index in [1.807, 2.05) is 12.1 Å². The van der Waals surface area contributed by atoms with Crippen molar-refractivity contribution in [2.45, 2.75) is 23.7 Å². The smallest absolute Gasteiger partial charge is 0.274 e. The highest BCUT2D eigenvalue weighted by Gasteiger charge is 2.30. The number of rotatable bonds is 3. The monoisotopic (exact) mass is 390 g/mol. The molecule has 0 atom stereocenters. The fourth-order valence-electron chi connectivity index (χ4n) is 3.85. The molecule has 1 fully saturated rings. The van der Waals surface area contributed by atoms with Crippen molar-refractivity contribution in [1.82, 2.24) is 8.87 Å². The Morgan fingerprint density at radius 2 is 1.59 bits per heavy atom. The van der Waals surface area contributed by atoms with Crippen molar-refractivity contribution < 1.29 is 17.2 Å². The summed E-state index contributed by atoms with van der Waals surface area (Å²) in [5, 5.41) is 0.812. The van der Waals surface area contributed by atoms with Gasteiger partial charge in [-0.1, -0.05) is 24.3 Å². The summed E-state index contributed by atoms with van der Waals surface area (Å²) in [5.74, 6) is -1.96. The summed E-state index contributed by atoms with van der Waals surface area (Å²) >= 11 is 0. The molecule has 4 rings (SSSR count). The van der Waals surface area contributed by atoms with Gasteiger partial charge in [-0.05, 0) is 62.7 Å². The van der Waals surface area contributed by atoms with Crippen LogP contribution in [0.5, 0.6) is 0 Å². The third-order valence-corrected chi connectivity index (χ3v) is 7.03. The number of nitrogens with zero attached hydrogens (tertiary/aromatic N) is 2. The Labute approximate surface area is 157 Å². The lowest BCUT2D eigenvalue weighted by atomic mass is 9.89. The van der Waals surface area contributed by atoms with Crippen LogP contribution in [0.15, 0.2) is 53.6 Å². The van der Waals surface area contributed by atoms with Crippen molar-refractivity contribution in [2.24, 2.45) is 0 Å². The van der Waals surface area contributed by atoms with Gasteiger partial charge in [0.05, 0.1) is 5.52 Å². The topological polar surface area (TPSA) is 42.3 Å². The van der Waals surface area contributed by atoms with Crippen LogP contribution >= 0.6 is 0 Å². The van der Waals surface area contributed by atoms with Crippen molar-refractivity contribution in [2.75, 3.05) is 20.1 Å². The molecule has 1 saturated heterocycles. The van der Waals surface area contributed by atoms with E-state index in [0.29, 0.717) is 5.52 Å². The Hall–Kier alpha value is -2.25. The highest BCUT2D eigenvalue weighted by Crippen LogP contribution is 2.36. The summed E-state index contributed by atoms with van der Waals surface area (Å²) in [6.45, 7) is 1.86. The summed E-state index contributed by atoms with van der Waals surface area (Å²) in [6, 6.07) is 10.2. The molecule has 0 aliphatic carbocycles. The molecule has 7 heteroatoms. The van der Waals surface area contributed by atoms with Crippen molar-refractivity contribution in [1.29, 1.82) is 0 Å². The minimum absolute atomic E-state index is 0.216. The standard InChI is InChI=1S/C20H20F2N2O2S/c1-23-11-9-14(10-12-23)16-13-24(19-8-3-2-5-15(16)19)27(25,26)20-17(21)6-4-7-18(20)22/h2-8,13-14H,9-12H2,1H3. The molecule has 3 aromatic rings. The van der Waals surface area contributed by atoms with Crippen LogP contribution in [0, 0.1) is 11.6 Å². The first-order valence-electron chi connectivity index (χ1n) is 8.87. The first kappa shape index (κ1) is 18.1. The maximum atomic E-state index is 14.2. The third kappa shape index (κ3) is 3.04. The Morgan fingerprint density at radius 1 is 0.963 bits per heavy atom. The molecule has 142 valence electrons. The lowest BCUT2D eigenvalue weighted by Crippen LogP contribution is -2.29. The Kier molecular flexibility index (Phi) is 4.52. The van der Waals surface area contributed by atoms with Crippen LogP contribution in [-0.2, 0) is 10.0 Å². The van der Waals surface area contributed by atoms with Gasteiger partial charge in [0.25, 0.3) is 10.0 Å². The van der Waals surface area contributed by atoms with Gasteiger partial charge in [-0.15, -0.1) is 0 Å². The maximum absolute atomic E-state index is 14.2. The summed E-state index contributed by atoms with van der Waals surface area (Å²) < 4.78 is 55.6. The molecule has 2 aromatic carbocycles. The zero-order chi connectivity index (χ0) is 19.2. The largest absolute Gasteiger partial charge is 0.306 e. The van der Waals surface area contributed by atoms with E-state index in [-0.39, 0.29) is 5.92 Å². The van der Waals surface area contributed by atoms with Gasteiger partial charge < -0.3 is 4.90 Å². The second-order valence-corrected chi connectivity index (χ2v) is 8.78. The van der Waals surface area contributed by atoms with Gasteiger partial charge >= 0.3 is 0 Å². The number of fused-ring (bicyclic) bond motifs is 1. The first-order chi connectivity index (χ1) is 12.9. The fraction of sp³-hybridized carbons (Fsp3) is 0.300. The van der Waals surface area contributed by atoms with E-state index in [1.165, 1.54) is 0 Å². The van der Waals surface area contributed by atoms with Crippen LogP contribution in [0.4, 0.5) is 8.78 Å². The summed E-state index contributed by atoms with van der Waals surface area (Å²) in [5.41, 5.74) is 1.35. The number of hydrogen-bond donors (Lipinski definition) is 0. The van der Waals surface area contributed by atoms with E-state index in [2.05, 4.69) is 11.9 Å². The van der Waals surface area contributed by atoms with Gasteiger partial charge in [0.15, 0.2) is 4.90 Å². The van der Waals surface area contributed by atoms with E-state index in [1.54, 1.807) is 18.3 Å². The van der Waals surface area contributed by atoms with Gasteiger partial charge in [-0.2, -0.15) is 0 Å². The molecule has 0 radical (unpaired) electrons. The second-order valence-electron chi connectivity index (χ2n) is 7.03. The van der Waals surface area contributed by atoms with Crippen molar-refractivity contribution in [3.63, 3.8) is 0 Å². The van der Waals surface area contributed by atoms with Crippen LogP contribution in [-0.4, -0.2) is 37.4 Å². The number of benzene rings is 2. The van der Waals surface area contributed by atoms with Gasteiger partial charge in [-0.3, -0.25) is 0 Å². The molecule has 0 amide bonds. The van der Waals surface area contributed by atoms with Crippen LogP contribution in [0.2, 0.25) is 0 Å². The molecule has 1 aliphatic rings. The Balaban J connectivity index is 1.90. The lowest BCUT2D eigenvalue weighted by molar-refractivity contribution is 0.256. The minimum atomic E-state index is -4.40. The molecule has 1 aromatic heterocycles. The van der Waals surface area contributed by atoms with Crippen LogP contribution in [0.3, 0.4) is 0 Å². The maximum Gasteiger partial charge on any atom is 0.274 e. The van der Waals surface area contributed by atoms with E-state index >= 15 is 0 Å². The van der Waals surface area contributed by atoms with Crippen molar-refractivity contribution >= 4 is 20.9 Å². The highest BCUT2D eigenvalue weighted by molar-refractivity contribution is 7.90. The van der Waals surface area contributed by atoms with Crippen LogP contribution in [0.1, 0.15) is 24.3 Å². The third-order valence-electron chi connectivity index (χ3n) is 5.30. The number of likely N-dealkylation sites (tertiary alicyclic amines) is 1. The first-order valence-corrected chi connectivity index (χ1v) is 10.3. The molecule has 2 heterocycles. The molecule has 0 bridgehead atoms. The summed E-state index contributed by atoms with van der Waals surface area (Å²) in [4.78, 5) is 1.32. The fourth-order valence-corrected chi connectivity index (χ4v) is 5.34. The summed E-state index contributed by atoms with van der Waals surface area (Å²) in [6.07, 6.45) is 3.37. The van der Waals surface area contributed by atoms with Gasteiger partial charge in [-0.25, -0.2) is 21.2 Å². The molecule has 0 spiro atoms. The number of para-hydroxylation sites is 1. The van der Waals surface area contributed by atoms with E-state index < -0.39 is 26.6 Å². The van der Waals surface area contributed by atoms with E-state index in [0.717, 1.165) is 59.1 Å². The SMILES string of the molecule is CN1CCC(c2cn(S(=O)(=O)c3c(F)cccc3F)c3ccccc23)CC1. The molecular weight excluding hydrogens is 370 g/mol. The second kappa shape index (κ2) is 6.73. The quantitative estimate of drug-likeness (QED) is 0.680. The van der Waals surface area contributed by atoms with Gasteiger partial charge in [0.2, 0.25) is 0 Å². The molecule has 0 unspecified atom stereocenters. The molecule has 1 aliphatic heterocycles. The number of hydrogen-bond acceptors (Lipinski definition) is 3. The molecule has 0 N–H and O–H groups in total. The Bertz CT molecular complexity index is 1080. The number of halogens is 2. The predicted octanol–water partition coefficient (Wildman–Crippen LogP) is 3.97. The number of aromatic nitrogens is 1. The van der Waals surface area contributed by atoms with E-state index in [4.69, 9.17) is 0 Å². The zero-order valence-corrected chi connectivity index (χ0v) is 15.7. The Morgan fingerprint density at radius 3 is 2.26 bits per heavy atom. The molecule has 0 saturated carbocycles. The van der Waals surface area contributed by atoms with Crippen molar-refractivity contribution in [3.05, 3.63) is 65.9 Å². The molecule has 27 heavy (non-hydrogen) atoms. The van der Waals surface area contributed by atoms with Crippen LogP contribution < -0.4 is 0 Å². The zero-order valence-electron chi connectivity index (χ0n) is 14.9. The van der Waals surface area contributed by atoms with Gasteiger partial charge in [0.1, 0.15) is 11.6 Å². The van der Waals surface area contributed by atoms with Gasteiger partial charge in [0, 0.05) is 11.6 Å². The molecular formula is C20H20F2N2O2S. The number of piperidine rings is 1. The molecule has 4 nitrogen and oxygen atoms in total. The van der Waals surface area contributed by atoms with Crippen molar-refractivity contribution in [3.8, 4) is 0 Å². The average Bonchev–Trinajstić information content (AvgIpc) is 3.03. The minimum Gasteiger partial charge on any atom is -0.306 e. The van der Waals surface area contributed by atoms with E-state index in [9.17, 15) is 17.2 Å². The summed E-state index contributed by atoms with van der Waals surface area (Å²) in [7, 11) is -2.34. The normalized spacial score (nSPS) is 16.9. The average molecular weight is 390 g/mol. The van der Waals surface area contributed by atoms with Crippen LogP contribution in [0.25, 0.3) is 10.9 Å². The highest BCUT2D eigenvalue weighted by atomic mass is 32.2.